The van der Waals surface area contributed by atoms with Crippen molar-refractivity contribution in [3.05, 3.63) is 72.3 Å². The molecule has 0 amide bonds. The molecule has 0 aromatic heterocycles. The van der Waals surface area contributed by atoms with Crippen molar-refractivity contribution in [3.63, 3.8) is 0 Å². The predicted octanol–water partition coefficient (Wildman–Crippen LogP) is 4.86. The summed E-state index contributed by atoms with van der Waals surface area (Å²) in [6.45, 7) is 4.81. The summed E-state index contributed by atoms with van der Waals surface area (Å²) < 4.78 is 5.70. The number of ether oxygens (including phenoxy) is 1. The lowest BCUT2D eigenvalue weighted by atomic mass is 10.0. The molecule has 3 aromatic rings. The van der Waals surface area contributed by atoms with E-state index in [1.54, 1.807) is 0 Å². The summed E-state index contributed by atoms with van der Waals surface area (Å²) in [4.78, 5) is 4.62. The van der Waals surface area contributed by atoms with Crippen molar-refractivity contribution >= 4 is 16.7 Å². The summed E-state index contributed by atoms with van der Waals surface area (Å²) in [5.74, 6) is 0.746. The molecular weight excluding hydrogens is 282 g/mol. The monoisotopic (exact) mass is 300 g/mol. The lowest BCUT2D eigenvalue weighted by Crippen LogP contribution is -2.17. The molecule has 0 spiro atoms. The fourth-order valence-corrected chi connectivity index (χ4v) is 2.84. The highest BCUT2D eigenvalue weighted by atomic mass is 16.5. The van der Waals surface area contributed by atoms with E-state index in [0.717, 1.165) is 11.5 Å². The molecule has 0 N–H and O–H groups in total. The first-order chi connectivity index (χ1) is 11.1. The van der Waals surface area contributed by atoms with E-state index >= 15 is 0 Å². The van der Waals surface area contributed by atoms with E-state index in [4.69, 9.17) is 4.74 Å². The average Bonchev–Trinajstić information content (AvgIpc) is 2.94. The Bertz CT molecular complexity index is 891. The van der Waals surface area contributed by atoms with Gasteiger partial charge in [-0.25, -0.2) is 4.99 Å². The first-order valence-corrected chi connectivity index (χ1v) is 7.84. The molecule has 3 aromatic carbocycles. The highest BCUT2D eigenvalue weighted by Crippen LogP contribution is 2.26. The zero-order valence-corrected chi connectivity index (χ0v) is 13.3. The quantitative estimate of drug-likeness (QED) is 0.662. The molecule has 0 atom stereocenters. The minimum Gasteiger partial charge on any atom is -0.475 e. The van der Waals surface area contributed by atoms with Crippen molar-refractivity contribution in [1.29, 1.82) is 0 Å². The molecule has 1 aliphatic rings. The smallest absolute Gasteiger partial charge is 0.216 e. The molecule has 2 nitrogen and oxygen atoms in total. The third kappa shape index (κ3) is 2.72. The highest BCUT2D eigenvalue weighted by Gasteiger charge is 2.26. The Kier molecular flexibility index (Phi) is 3.19. The summed E-state index contributed by atoms with van der Waals surface area (Å²) in [6, 6.07) is 24.1. The number of aliphatic imine (C=N–C) groups is 1. The number of nitrogens with zero attached hydrogens (tertiary/aromatic N) is 1. The van der Waals surface area contributed by atoms with Gasteiger partial charge in [0.2, 0.25) is 5.90 Å². The molecule has 1 heterocycles. The summed E-state index contributed by atoms with van der Waals surface area (Å²) in [6.07, 6.45) is 0. The molecule has 0 saturated heterocycles. The Morgan fingerprint density at radius 2 is 1.65 bits per heavy atom. The molecule has 1 radical (unpaired) electrons. The lowest BCUT2D eigenvalue weighted by molar-refractivity contribution is 0.279. The van der Waals surface area contributed by atoms with Crippen LogP contribution in [0.3, 0.4) is 0 Å². The van der Waals surface area contributed by atoms with Crippen molar-refractivity contribution in [2.45, 2.75) is 19.4 Å². The van der Waals surface area contributed by atoms with Gasteiger partial charge in [0.05, 0.1) is 5.54 Å². The molecule has 0 unspecified atom stereocenters. The third-order valence-electron chi connectivity index (χ3n) is 4.12. The second kappa shape index (κ2) is 5.24. The predicted molar refractivity (Wildman–Crippen MR) is 94.8 cm³/mol. The van der Waals surface area contributed by atoms with Gasteiger partial charge in [-0.3, -0.25) is 0 Å². The van der Waals surface area contributed by atoms with Crippen molar-refractivity contribution in [2.24, 2.45) is 4.99 Å². The molecule has 0 aliphatic carbocycles. The average molecular weight is 300 g/mol. The van der Waals surface area contributed by atoms with Gasteiger partial charge in [-0.1, -0.05) is 36.4 Å². The van der Waals surface area contributed by atoms with E-state index < -0.39 is 0 Å². The van der Waals surface area contributed by atoms with Crippen LogP contribution in [0.2, 0.25) is 0 Å². The van der Waals surface area contributed by atoms with Crippen LogP contribution in [0.5, 0.6) is 0 Å². The minimum atomic E-state index is -0.122. The standard InChI is InChI=1S/C21H18NO/c1-21(2)14-23-20(22-21)17-10-7-16(8-11-17)19-12-9-15-5-3-4-6-18(15)13-19/h4-13H,14H2,1-2H3. The molecule has 113 valence electrons. The van der Waals surface area contributed by atoms with Crippen LogP contribution in [0.4, 0.5) is 0 Å². The van der Waals surface area contributed by atoms with Crippen LogP contribution in [-0.4, -0.2) is 18.0 Å². The summed E-state index contributed by atoms with van der Waals surface area (Å²) in [7, 11) is 0. The topological polar surface area (TPSA) is 21.6 Å². The molecule has 0 bridgehead atoms. The van der Waals surface area contributed by atoms with Crippen molar-refractivity contribution < 1.29 is 4.74 Å². The zero-order chi connectivity index (χ0) is 15.9. The van der Waals surface area contributed by atoms with E-state index in [0.29, 0.717) is 6.61 Å². The number of hydrogen-bond acceptors (Lipinski definition) is 2. The van der Waals surface area contributed by atoms with Crippen LogP contribution < -0.4 is 0 Å². The van der Waals surface area contributed by atoms with Crippen LogP contribution in [0.15, 0.2) is 65.7 Å². The second-order valence-electron chi connectivity index (χ2n) is 6.58. The van der Waals surface area contributed by atoms with E-state index in [-0.39, 0.29) is 5.54 Å². The van der Waals surface area contributed by atoms with Crippen molar-refractivity contribution in [2.75, 3.05) is 6.61 Å². The first kappa shape index (κ1) is 14.0. The van der Waals surface area contributed by atoms with Gasteiger partial charge in [-0.05, 0) is 66.1 Å². The largest absolute Gasteiger partial charge is 0.475 e. The highest BCUT2D eigenvalue weighted by molar-refractivity contribution is 5.96. The molecule has 4 rings (SSSR count). The molecule has 0 saturated carbocycles. The van der Waals surface area contributed by atoms with Crippen LogP contribution in [0, 0.1) is 6.07 Å². The Morgan fingerprint density at radius 3 is 2.39 bits per heavy atom. The minimum absolute atomic E-state index is 0.122. The fraction of sp³-hybridized carbons (Fsp3) is 0.190. The van der Waals surface area contributed by atoms with E-state index in [2.05, 4.69) is 73.4 Å². The number of rotatable bonds is 2. The van der Waals surface area contributed by atoms with E-state index in [1.807, 2.05) is 12.1 Å². The molecule has 23 heavy (non-hydrogen) atoms. The SMILES string of the molecule is CC1(C)COC(c2ccc(-c3ccc4c[c]ccc4c3)cc2)=N1. The maximum absolute atomic E-state index is 5.70. The van der Waals surface area contributed by atoms with Gasteiger partial charge in [0.1, 0.15) is 6.61 Å². The Morgan fingerprint density at radius 1 is 0.913 bits per heavy atom. The van der Waals surface area contributed by atoms with E-state index in [9.17, 15) is 0 Å². The van der Waals surface area contributed by atoms with Crippen molar-refractivity contribution in [1.82, 2.24) is 0 Å². The maximum Gasteiger partial charge on any atom is 0.216 e. The Balaban J connectivity index is 1.67. The number of fused-ring (bicyclic) bond motifs is 1. The van der Waals surface area contributed by atoms with Crippen LogP contribution >= 0.6 is 0 Å². The third-order valence-corrected chi connectivity index (χ3v) is 4.12. The van der Waals surface area contributed by atoms with Crippen LogP contribution in [0.25, 0.3) is 21.9 Å². The Labute approximate surface area is 136 Å². The van der Waals surface area contributed by atoms with Gasteiger partial charge in [0.25, 0.3) is 0 Å². The zero-order valence-electron chi connectivity index (χ0n) is 13.3. The van der Waals surface area contributed by atoms with Gasteiger partial charge >= 0.3 is 0 Å². The van der Waals surface area contributed by atoms with Crippen molar-refractivity contribution in [3.8, 4) is 11.1 Å². The van der Waals surface area contributed by atoms with Crippen LogP contribution in [0.1, 0.15) is 19.4 Å². The molecule has 1 aliphatic heterocycles. The number of benzene rings is 3. The van der Waals surface area contributed by atoms with Gasteiger partial charge in [-0.15, -0.1) is 0 Å². The molecule has 0 fully saturated rings. The number of hydrogen-bond donors (Lipinski definition) is 0. The first-order valence-electron chi connectivity index (χ1n) is 7.84. The van der Waals surface area contributed by atoms with Gasteiger partial charge in [0.15, 0.2) is 0 Å². The second-order valence-corrected chi connectivity index (χ2v) is 6.58. The van der Waals surface area contributed by atoms with Gasteiger partial charge in [0, 0.05) is 5.56 Å². The summed E-state index contributed by atoms with van der Waals surface area (Å²) in [5.41, 5.74) is 3.32. The fourth-order valence-electron chi connectivity index (χ4n) is 2.84. The van der Waals surface area contributed by atoms with Gasteiger partial charge < -0.3 is 4.74 Å². The maximum atomic E-state index is 5.70. The van der Waals surface area contributed by atoms with E-state index in [1.165, 1.54) is 21.9 Å². The van der Waals surface area contributed by atoms with Crippen LogP contribution in [-0.2, 0) is 4.74 Å². The lowest BCUT2D eigenvalue weighted by Gasteiger charge is -2.07. The molecular formula is C21H18NO. The van der Waals surface area contributed by atoms with Gasteiger partial charge in [-0.2, -0.15) is 0 Å². The summed E-state index contributed by atoms with van der Waals surface area (Å²) >= 11 is 0. The summed E-state index contributed by atoms with van der Waals surface area (Å²) in [5, 5.41) is 2.44. The Hall–Kier alpha value is -2.61. The molecule has 2 heteroatoms. The normalized spacial score (nSPS) is 16.2.